The summed E-state index contributed by atoms with van der Waals surface area (Å²) in [5.74, 6) is 0.199. The zero-order chi connectivity index (χ0) is 15.8. The number of aliphatic hydroxyl groups excluding tert-OH is 1. The SMILES string of the molecule is O=C(N[C@H](c1cccs1)C1CC(O)C1)c1ccc2nccn2c1. The quantitative estimate of drug-likeness (QED) is 0.774. The van der Waals surface area contributed by atoms with Gasteiger partial charge in [-0.2, -0.15) is 0 Å². The van der Waals surface area contributed by atoms with E-state index in [-0.39, 0.29) is 18.1 Å². The minimum atomic E-state index is -0.235. The molecule has 1 atom stereocenters. The maximum absolute atomic E-state index is 12.6. The Balaban J connectivity index is 1.56. The first kappa shape index (κ1) is 14.4. The van der Waals surface area contributed by atoms with E-state index in [0.717, 1.165) is 23.4 Å². The molecule has 1 amide bonds. The van der Waals surface area contributed by atoms with Gasteiger partial charge in [0.05, 0.1) is 17.7 Å². The number of nitrogens with zero attached hydrogens (tertiary/aromatic N) is 2. The van der Waals surface area contributed by atoms with Crippen LogP contribution in [0, 0.1) is 5.92 Å². The molecule has 0 aliphatic heterocycles. The standard InChI is InChI=1S/C17H17N3O2S/c21-13-8-12(9-13)16(14-2-1-7-23-14)19-17(22)11-3-4-15-18-5-6-20(15)10-11/h1-7,10,12-13,16,21H,8-9H2,(H,19,22)/t12?,13?,16-/m0/s1. The van der Waals surface area contributed by atoms with Crippen LogP contribution in [-0.2, 0) is 0 Å². The number of fused-ring (bicyclic) bond motifs is 1. The average molecular weight is 327 g/mol. The molecule has 5 nitrogen and oxygen atoms in total. The van der Waals surface area contributed by atoms with E-state index >= 15 is 0 Å². The summed E-state index contributed by atoms with van der Waals surface area (Å²) in [5, 5.41) is 14.7. The molecule has 0 saturated heterocycles. The molecule has 4 rings (SSSR count). The van der Waals surface area contributed by atoms with Crippen LogP contribution in [0.5, 0.6) is 0 Å². The smallest absolute Gasteiger partial charge is 0.253 e. The van der Waals surface area contributed by atoms with Gasteiger partial charge in [-0.15, -0.1) is 11.3 Å². The third-order valence-corrected chi connectivity index (χ3v) is 5.36. The number of rotatable bonds is 4. The summed E-state index contributed by atoms with van der Waals surface area (Å²) in [4.78, 5) is 18.0. The van der Waals surface area contributed by atoms with E-state index in [9.17, 15) is 9.90 Å². The van der Waals surface area contributed by atoms with Crippen LogP contribution in [0.2, 0.25) is 0 Å². The summed E-state index contributed by atoms with van der Waals surface area (Å²) in [6.45, 7) is 0. The Labute approximate surface area is 137 Å². The topological polar surface area (TPSA) is 66.6 Å². The molecule has 6 heteroatoms. The fourth-order valence-electron chi connectivity index (χ4n) is 3.07. The molecule has 23 heavy (non-hydrogen) atoms. The van der Waals surface area contributed by atoms with E-state index in [2.05, 4.69) is 10.3 Å². The van der Waals surface area contributed by atoms with E-state index in [0.29, 0.717) is 11.5 Å². The van der Waals surface area contributed by atoms with Gasteiger partial charge in [-0.3, -0.25) is 4.79 Å². The molecule has 118 valence electrons. The summed E-state index contributed by atoms with van der Waals surface area (Å²) in [7, 11) is 0. The highest BCUT2D eigenvalue weighted by Crippen LogP contribution is 2.39. The monoisotopic (exact) mass is 327 g/mol. The van der Waals surface area contributed by atoms with Crippen molar-refractivity contribution < 1.29 is 9.90 Å². The number of imidazole rings is 1. The van der Waals surface area contributed by atoms with Crippen LogP contribution in [0.1, 0.15) is 34.1 Å². The number of hydrogen-bond acceptors (Lipinski definition) is 4. The molecule has 3 aromatic rings. The first-order valence-corrected chi connectivity index (χ1v) is 8.54. The van der Waals surface area contributed by atoms with Crippen LogP contribution >= 0.6 is 11.3 Å². The lowest BCUT2D eigenvalue weighted by molar-refractivity contribution is 0.0241. The van der Waals surface area contributed by atoms with Crippen molar-refractivity contribution in [3.63, 3.8) is 0 Å². The highest BCUT2D eigenvalue weighted by atomic mass is 32.1. The van der Waals surface area contributed by atoms with Crippen LogP contribution < -0.4 is 5.32 Å². The number of aromatic nitrogens is 2. The lowest BCUT2D eigenvalue weighted by Gasteiger charge is -2.37. The van der Waals surface area contributed by atoms with Gasteiger partial charge in [0.15, 0.2) is 0 Å². The Morgan fingerprint density at radius 2 is 2.26 bits per heavy atom. The number of pyridine rings is 1. The molecule has 2 N–H and O–H groups in total. The molecule has 0 radical (unpaired) electrons. The second kappa shape index (κ2) is 5.79. The first-order chi connectivity index (χ1) is 11.2. The number of carbonyl (C=O) groups excluding carboxylic acids is 1. The number of hydrogen-bond donors (Lipinski definition) is 2. The molecule has 0 bridgehead atoms. The zero-order valence-corrected chi connectivity index (χ0v) is 13.2. The Morgan fingerprint density at radius 1 is 1.39 bits per heavy atom. The molecule has 0 aromatic carbocycles. The van der Waals surface area contributed by atoms with Gasteiger partial charge in [-0.25, -0.2) is 4.98 Å². The third kappa shape index (κ3) is 2.75. The van der Waals surface area contributed by atoms with E-state index < -0.39 is 0 Å². The van der Waals surface area contributed by atoms with E-state index in [1.165, 1.54) is 0 Å². The molecule has 3 heterocycles. The molecule has 1 fully saturated rings. The normalized spacial score (nSPS) is 21.8. The van der Waals surface area contributed by atoms with Crippen LogP contribution in [0.3, 0.4) is 0 Å². The van der Waals surface area contributed by atoms with Gasteiger partial charge in [0.25, 0.3) is 5.91 Å². The van der Waals surface area contributed by atoms with Crippen molar-refractivity contribution in [2.45, 2.75) is 25.0 Å². The van der Waals surface area contributed by atoms with Crippen LogP contribution in [0.4, 0.5) is 0 Å². The van der Waals surface area contributed by atoms with Crippen LogP contribution in [0.25, 0.3) is 5.65 Å². The summed E-state index contributed by atoms with van der Waals surface area (Å²) in [5.41, 5.74) is 1.43. The van der Waals surface area contributed by atoms with E-state index in [4.69, 9.17) is 0 Å². The van der Waals surface area contributed by atoms with Gasteiger partial charge in [-0.1, -0.05) is 6.07 Å². The predicted octanol–water partition coefficient (Wildman–Crippen LogP) is 2.64. The maximum atomic E-state index is 12.6. The second-order valence-corrected chi connectivity index (χ2v) is 6.94. The van der Waals surface area contributed by atoms with Gasteiger partial charge in [0.1, 0.15) is 5.65 Å². The minimum Gasteiger partial charge on any atom is -0.393 e. The van der Waals surface area contributed by atoms with Crippen molar-refractivity contribution >= 4 is 22.9 Å². The van der Waals surface area contributed by atoms with Gasteiger partial charge in [0.2, 0.25) is 0 Å². The van der Waals surface area contributed by atoms with Gasteiger partial charge in [-0.05, 0) is 42.3 Å². The molecule has 0 spiro atoms. The highest BCUT2D eigenvalue weighted by molar-refractivity contribution is 7.10. The van der Waals surface area contributed by atoms with Crippen molar-refractivity contribution in [1.29, 1.82) is 0 Å². The molecule has 3 aromatic heterocycles. The molecular weight excluding hydrogens is 310 g/mol. The summed E-state index contributed by atoms with van der Waals surface area (Å²) < 4.78 is 1.84. The predicted molar refractivity (Wildman–Crippen MR) is 88.4 cm³/mol. The van der Waals surface area contributed by atoms with Crippen molar-refractivity contribution in [3.05, 3.63) is 58.7 Å². The summed E-state index contributed by atoms with van der Waals surface area (Å²) >= 11 is 1.64. The number of amides is 1. The van der Waals surface area contributed by atoms with Crippen LogP contribution in [-0.4, -0.2) is 26.5 Å². The molecule has 0 unspecified atom stereocenters. The van der Waals surface area contributed by atoms with Crippen molar-refractivity contribution in [2.24, 2.45) is 5.92 Å². The maximum Gasteiger partial charge on any atom is 0.253 e. The zero-order valence-electron chi connectivity index (χ0n) is 12.4. The lowest BCUT2D eigenvalue weighted by Crippen LogP contribution is -2.41. The molecular formula is C17H17N3O2S. The van der Waals surface area contributed by atoms with Crippen molar-refractivity contribution in [2.75, 3.05) is 0 Å². The van der Waals surface area contributed by atoms with Gasteiger partial charge in [0, 0.05) is 23.5 Å². The largest absolute Gasteiger partial charge is 0.393 e. The Bertz CT molecular complexity index is 821. The minimum absolute atomic E-state index is 0.0376. The van der Waals surface area contributed by atoms with Gasteiger partial charge >= 0.3 is 0 Å². The second-order valence-electron chi connectivity index (χ2n) is 5.96. The lowest BCUT2D eigenvalue weighted by atomic mass is 9.76. The van der Waals surface area contributed by atoms with E-state index in [1.807, 2.05) is 34.2 Å². The number of carbonyl (C=O) groups is 1. The van der Waals surface area contributed by atoms with Crippen LogP contribution in [0.15, 0.2) is 48.2 Å². The average Bonchev–Trinajstić information content (AvgIpc) is 3.19. The number of aliphatic hydroxyl groups is 1. The first-order valence-electron chi connectivity index (χ1n) is 7.66. The molecule has 1 aliphatic rings. The van der Waals surface area contributed by atoms with Crippen molar-refractivity contribution in [3.8, 4) is 0 Å². The Morgan fingerprint density at radius 3 is 3.00 bits per heavy atom. The highest BCUT2D eigenvalue weighted by Gasteiger charge is 2.36. The van der Waals surface area contributed by atoms with Crippen molar-refractivity contribution in [1.82, 2.24) is 14.7 Å². The Kier molecular flexibility index (Phi) is 3.63. The molecule has 1 aliphatic carbocycles. The number of thiophene rings is 1. The van der Waals surface area contributed by atoms with E-state index in [1.54, 1.807) is 29.8 Å². The fraction of sp³-hybridized carbons (Fsp3) is 0.294. The number of nitrogens with one attached hydrogen (secondary N) is 1. The van der Waals surface area contributed by atoms with Gasteiger partial charge < -0.3 is 14.8 Å². The fourth-order valence-corrected chi connectivity index (χ4v) is 3.94. The summed E-state index contributed by atoms with van der Waals surface area (Å²) in [6, 6.07) is 7.62. The molecule has 1 saturated carbocycles. The Hall–Kier alpha value is -2.18. The third-order valence-electron chi connectivity index (χ3n) is 4.41. The summed E-state index contributed by atoms with van der Waals surface area (Å²) in [6.07, 6.45) is 6.57.